The molecule has 0 radical (unpaired) electrons. The van der Waals surface area contributed by atoms with Gasteiger partial charge in [0.2, 0.25) is 0 Å². The van der Waals surface area contributed by atoms with Gasteiger partial charge in [0.05, 0.1) is 12.6 Å². The predicted octanol–water partition coefficient (Wildman–Crippen LogP) is 4.80. The Kier molecular flexibility index (Phi) is 10.4. The molecule has 0 aromatic heterocycles. The predicted molar refractivity (Wildman–Crippen MR) is 135 cm³/mol. The van der Waals surface area contributed by atoms with E-state index in [0.717, 1.165) is 29.0 Å². The van der Waals surface area contributed by atoms with Gasteiger partial charge in [0, 0.05) is 11.3 Å². The number of nitrogens with one attached hydrogen (secondary N) is 2. The average Bonchev–Trinajstić information content (AvgIpc) is 3.13. The van der Waals surface area contributed by atoms with Crippen LogP contribution in [-0.4, -0.2) is 36.9 Å². The molecule has 0 saturated heterocycles. The van der Waals surface area contributed by atoms with Crippen molar-refractivity contribution in [3.05, 3.63) is 47.9 Å². The van der Waals surface area contributed by atoms with E-state index < -0.39 is 17.2 Å². The Morgan fingerprint density at radius 2 is 1.88 bits per heavy atom. The van der Waals surface area contributed by atoms with Gasteiger partial charge >= 0.3 is 5.97 Å². The number of methoxy groups -OCH3 is 1. The van der Waals surface area contributed by atoms with E-state index in [1.54, 1.807) is 6.92 Å². The fourth-order valence-corrected chi connectivity index (χ4v) is 3.38. The van der Waals surface area contributed by atoms with Crippen LogP contribution in [0.2, 0.25) is 0 Å². The largest absolute Gasteiger partial charge is 0.481 e. The zero-order valence-electron chi connectivity index (χ0n) is 21.6. The molecule has 33 heavy (non-hydrogen) atoms. The van der Waals surface area contributed by atoms with E-state index in [0.29, 0.717) is 12.5 Å². The maximum Gasteiger partial charge on any atom is 0.330 e. The molecule has 1 aliphatic carbocycles. The summed E-state index contributed by atoms with van der Waals surface area (Å²) >= 11 is 0. The van der Waals surface area contributed by atoms with E-state index in [1.165, 1.54) is 7.11 Å². The molecule has 2 rings (SSSR count). The molecule has 0 amide bonds. The lowest BCUT2D eigenvalue weighted by Crippen LogP contribution is -2.59. The van der Waals surface area contributed by atoms with Gasteiger partial charge < -0.3 is 24.8 Å². The van der Waals surface area contributed by atoms with E-state index in [1.807, 2.05) is 66.7 Å². The van der Waals surface area contributed by atoms with Crippen LogP contribution < -0.4 is 15.4 Å². The van der Waals surface area contributed by atoms with Crippen LogP contribution in [0, 0.1) is 11.8 Å². The van der Waals surface area contributed by atoms with Gasteiger partial charge in [0.25, 0.3) is 0 Å². The number of carbonyl (C=O) groups is 1. The molecule has 0 aliphatic heterocycles. The summed E-state index contributed by atoms with van der Waals surface area (Å²) in [5.74, 6) is 6.50. The Labute approximate surface area is 199 Å². The average molecular weight is 457 g/mol. The van der Waals surface area contributed by atoms with E-state index >= 15 is 0 Å². The molecule has 1 aliphatic rings. The van der Waals surface area contributed by atoms with Gasteiger partial charge in [-0.15, -0.1) is 5.92 Å². The van der Waals surface area contributed by atoms with Crippen molar-refractivity contribution in [3.63, 3.8) is 0 Å². The summed E-state index contributed by atoms with van der Waals surface area (Å²) in [5, 5.41) is 6.59. The molecule has 1 atom stereocenters. The minimum atomic E-state index is -0.735. The lowest BCUT2D eigenvalue weighted by atomic mass is 9.93. The molecule has 0 fully saturated rings. The summed E-state index contributed by atoms with van der Waals surface area (Å²) in [4.78, 5) is 12.7. The van der Waals surface area contributed by atoms with Gasteiger partial charge in [-0.1, -0.05) is 25.8 Å². The summed E-state index contributed by atoms with van der Waals surface area (Å²) in [6.45, 7) is 19.7. The zero-order chi connectivity index (χ0) is 25.2. The first-order valence-electron chi connectivity index (χ1n) is 11.3. The number of hydrogen-bond acceptors (Lipinski definition) is 6. The molecule has 6 nitrogen and oxygen atoms in total. The van der Waals surface area contributed by atoms with E-state index in [4.69, 9.17) is 14.2 Å². The Balaban J connectivity index is 0.00000265. The first-order valence-corrected chi connectivity index (χ1v) is 11.3. The number of rotatable bonds is 9. The molecule has 0 saturated carbocycles. The van der Waals surface area contributed by atoms with Crippen LogP contribution in [0.5, 0.6) is 5.75 Å². The SMILES string of the molecule is C=C(NC(C)(C)C(NC1=CCc2cc(OCC#CC)ccc21)C(=O)OC)OC(C)(C)C.CC. The van der Waals surface area contributed by atoms with Crippen molar-refractivity contribution in [1.29, 1.82) is 0 Å². The first kappa shape index (κ1) is 28.0. The first-order chi connectivity index (χ1) is 15.5. The highest BCUT2D eigenvalue weighted by atomic mass is 16.5. The van der Waals surface area contributed by atoms with Crippen molar-refractivity contribution in [2.24, 2.45) is 0 Å². The molecular formula is C27H40N2O4. The number of ether oxygens (including phenoxy) is 3. The van der Waals surface area contributed by atoms with Crippen LogP contribution >= 0.6 is 0 Å². The maximum atomic E-state index is 12.7. The van der Waals surface area contributed by atoms with E-state index in [-0.39, 0.29) is 5.97 Å². The zero-order valence-corrected chi connectivity index (χ0v) is 21.6. The third-order valence-corrected chi connectivity index (χ3v) is 4.73. The molecule has 0 heterocycles. The maximum absolute atomic E-state index is 12.7. The van der Waals surface area contributed by atoms with Gasteiger partial charge in [0.15, 0.2) is 5.88 Å². The van der Waals surface area contributed by atoms with Crippen LogP contribution in [0.3, 0.4) is 0 Å². The summed E-state index contributed by atoms with van der Waals surface area (Å²) in [6.07, 6.45) is 2.81. The van der Waals surface area contributed by atoms with Crippen LogP contribution in [0.1, 0.15) is 66.5 Å². The normalized spacial score (nSPS) is 13.1. The number of carbonyl (C=O) groups excluding carboxylic acids is 1. The third-order valence-electron chi connectivity index (χ3n) is 4.73. The number of benzene rings is 1. The van der Waals surface area contributed by atoms with Crippen molar-refractivity contribution in [2.45, 2.75) is 79.0 Å². The van der Waals surface area contributed by atoms with Crippen LogP contribution in [0.15, 0.2) is 36.7 Å². The summed E-state index contributed by atoms with van der Waals surface area (Å²) in [7, 11) is 1.38. The van der Waals surface area contributed by atoms with Crippen molar-refractivity contribution < 1.29 is 19.0 Å². The van der Waals surface area contributed by atoms with Crippen molar-refractivity contribution in [1.82, 2.24) is 10.6 Å². The molecule has 2 N–H and O–H groups in total. The number of allylic oxidation sites excluding steroid dienone is 1. The lowest BCUT2D eigenvalue weighted by molar-refractivity contribution is -0.144. The molecule has 0 bridgehead atoms. The fraction of sp³-hybridized carbons (Fsp3) is 0.519. The van der Waals surface area contributed by atoms with Crippen LogP contribution in [-0.2, 0) is 20.7 Å². The summed E-state index contributed by atoms with van der Waals surface area (Å²) in [6, 6.07) is 5.23. The Morgan fingerprint density at radius 1 is 1.21 bits per heavy atom. The van der Waals surface area contributed by atoms with Crippen LogP contribution in [0.25, 0.3) is 5.70 Å². The smallest absolute Gasteiger partial charge is 0.330 e. The fourth-order valence-electron chi connectivity index (χ4n) is 3.38. The van der Waals surface area contributed by atoms with Crippen LogP contribution in [0.4, 0.5) is 0 Å². The molecular weight excluding hydrogens is 416 g/mol. The highest BCUT2D eigenvalue weighted by Gasteiger charge is 2.38. The second kappa shape index (κ2) is 12.2. The second-order valence-corrected chi connectivity index (χ2v) is 8.94. The van der Waals surface area contributed by atoms with Gasteiger partial charge in [-0.3, -0.25) is 0 Å². The van der Waals surface area contributed by atoms with Gasteiger partial charge in [0.1, 0.15) is 24.0 Å². The number of hydrogen-bond donors (Lipinski definition) is 2. The minimum Gasteiger partial charge on any atom is -0.481 e. The van der Waals surface area contributed by atoms with Crippen molar-refractivity contribution >= 4 is 11.7 Å². The minimum absolute atomic E-state index is 0.360. The third kappa shape index (κ3) is 8.42. The molecule has 1 aromatic rings. The molecule has 0 spiro atoms. The Morgan fingerprint density at radius 3 is 2.45 bits per heavy atom. The van der Waals surface area contributed by atoms with Gasteiger partial charge in [-0.05, 0) is 78.3 Å². The molecule has 182 valence electrons. The Bertz CT molecular complexity index is 914. The second-order valence-electron chi connectivity index (χ2n) is 8.94. The highest BCUT2D eigenvalue weighted by Crippen LogP contribution is 2.30. The van der Waals surface area contributed by atoms with Gasteiger partial charge in [-0.25, -0.2) is 4.79 Å². The quantitative estimate of drug-likeness (QED) is 0.316. The molecule has 6 heteroatoms. The number of esters is 1. The number of fused-ring (bicyclic) bond motifs is 1. The van der Waals surface area contributed by atoms with Gasteiger partial charge in [-0.2, -0.15) is 0 Å². The van der Waals surface area contributed by atoms with Crippen molar-refractivity contribution in [3.8, 4) is 17.6 Å². The topological polar surface area (TPSA) is 68.8 Å². The monoisotopic (exact) mass is 456 g/mol. The Hall–Kier alpha value is -3.07. The highest BCUT2D eigenvalue weighted by molar-refractivity contribution is 5.82. The van der Waals surface area contributed by atoms with Crippen molar-refractivity contribution in [2.75, 3.05) is 13.7 Å². The lowest BCUT2D eigenvalue weighted by Gasteiger charge is -2.37. The molecule has 1 aromatic carbocycles. The standard InChI is InChI=1S/C25H34N2O4.C2H6/c1-9-10-15-30-19-12-13-20-18(16-19)11-14-21(20)26-22(23(28)29-8)25(6,7)27-17(2)31-24(3,4)5;1-2/h12-14,16,22,26-27H,2,11,15H2,1,3-8H3;1-2H3. The summed E-state index contributed by atoms with van der Waals surface area (Å²) in [5.41, 5.74) is 1.90. The molecule has 1 unspecified atom stereocenters. The van der Waals surface area contributed by atoms with E-state index in [9.17, 15) is 4.79 Å². The summed E-state index contributed by atoms with van der Waals surface area (Å²) < 4.78 is 16.5. The van der Waals surface area contributed by atoms with E-state index in [2.05, 4.69) is 35.1 Å².